The standard InChI is InChI=1S/C19H17ClN2OS/c1-11-14-4-2-3-5-15(14)17-16(21-11)10-22(19(17)24)18(23)12-6-8-13(20)9-7-12/h6-9H,2-5,10H2,1H3. The van der Waals surface area contributed by atoms with E-state index in [9.17, 15) is 4.79 Å². The molecule has 5 heteroatoms. The van der Waals surface area contributed by atoms with Crippen LogP contribution in [0.15, 0.2) is 24.3 Å². The van der Waals surface area contributed by atoms with E-state index in [4.69, 9.17) is 28.8 Å². The van der Waals surface area contributed by atoms with E-state index in [0.717, 1.165) is 29.8 Å². The third kappa shape index (κ3) is 2.45. The Morgan fingerprint density at radius 1 is 1.17 bits per heavy atom. The van der Waals surface area contributed by atoms with Crippen molar-refractivity contribution in [2.75, 3.05) is 0 Å². The molecule has 1 aromatic carbocycles. The number of halogens is 1. The summed E-state index contributed by atoms with van der Waals surface area (Å²) in [6.07, 6.45) is 4.48. The van der Waals surface area contributed by atoms with Crippen LogP contribution in [0.5, 0.6) is 0 Å². The van der Waals surface area contributed by atoms with Gasteiger partial charge in [0.15, 0.2) is 0 Å². The predicted molar refractivity (Wildman–Crippen MR) is 98.6 cm³/mol. The number of pyridine rings is 1. The largest absolute Gasteiger partial charge is 0.292 e. The van der Waals surface area contributed by atoms with Gasteiger partial charge in [-0.15, -0.1) is 0 Å². The number of carbonyl (C=O) groups excluding carboxylic acids is 1. The molecule has 2 aromatic rings. The molecule has 1 aliphatic heterocycles. The quantitative estimate of drug-likeness (QED) is 0.716. The lowest BCUT2D eigenvalue weighted by atomic mass is 9.87. The van der Waals surface area contributed by atoms with Gasteiger partial charge in [-0.25, -0.2) is 0 Å². The molecular weight excluding hydrogens is 340 g/mol. The lowest BCUT2D eigenvalue weighted by molar-refractivity contribution is 0.0847. The fourth-order valence-corrected chi connectivity index (χ4v) is 4.23. The first kappa shape index (κ1) is 15.7. The van der Waals surface area contributed by atoms with Crippen molar-refractivity contribution >= 4 is 34.7 Å². The lowest BCUT2D eigenvalue weighted by Crippen LogP contribution is -2.30. The van der Waals surface area contributed by atoms with Gasteiger partial charge < -0.3 is 0 Å². The molecule has 0 atom stereocenters. The number of nitrogens with zero attached hydrogens (tertiary/aromatic N) is 2. The van der Waals surface area contributed by atoms with Crippen LogP contribution in [0.1, 0.15) is 51.3 Å². The van der Waals surface area contributed by atoms with Crippen LogP contribution < -0.4 is 0 Å². The number of amides is 1. The Bertz CT molecular complexity index is 861. The number of hydrogen-bond donors (Lipinski definition) is 0. The van der Waals surface area contributed by atoms with Crippen molar-refractivity contribution in [3.05, 3.63) is 62.9 Å². The first-order valence-corrected chi connectivity index (χ1v) is 8.98. The molecule has 0 unspecified atom stereocenters. The Morgan fingerprint density at radius 2 is 1.83 bits per heavy atom. The average molecular weight is 357 g/mol. The molecule has 2 heterocycles. The molecule has 24 heavy (non-hydrogen) atoms. The maximum atomic E-state index is 12.9. The molecule has 0 radical (unpaired) electrons. The summed E-state index contributed by atoms with van der Waals surface area (Å²) in [5.74, 6) is -0.0862. The molecule has 1 aromatic heterocycles. The third-order valence-corrected chi connectivity index (χ3v) is 5.58. The van der Waals surface area contributed by atoms with E-state index < -0.39 is 0 Å². The second-order valence-electron chi connectivity index (χ2n) is 6.39. The van der Waals surface area contributed by atoms with E-state index in [0.29, 0.717) is 22.1 Å². The number of fused-ring (bicyclic) bond motifs is 3. The van der Waals surface area contributed by atoms with Crippen LogP contribution in [0.25, 0.3) is 0 Å². The van der Waals surface area contributed by atoms with Gasteiger partial charge in [-0.1, -0.05) is 23.8 Å². The molecule has 2 aliphatic rings. The number of thiocarbonyl (C=S) groups is 1. The maximum absolute atomic E-state index is 12.9. The van der Waals surface area contributed by atoms with Gasteiger partial charge in [0, 0.05) is 21.8 Å². The van der Waals surface area contributed by atoms with E-state index >= 15 is 0 Å². The van der Waals surface area contributed by atoms with Crippen LogP contribution in [-0.4, -0.2) is 20.8 Å². The van der Waals surface area contributed by atoms with Crippen molar-refractivity contribution < 1.29 is 4.79 Å². The summed E-state index contributed by atoms with van der Waals surface area (Å²) in [6.45, 7) is 2.53. The van der Waals surface area contributed by atoms with Crippen LogP contribution >= 0.6 is 23.8 Å². The smallest absolute Gasteiger partial charge is 0.259 e. The fourth-order valence-electron chi connectivity index (χ4n) is 3.72. The minimum Gasteiger partial charge on any atom is -0.292 e. The average Bonchev–Trinajstić information content (AvgIpc) is 2.92. The molecule has 0 fully saturated rings. The van der Waals surface area contributed by atoms with Gasteiger partial charge in [-0.3, -0.25) is 14.7 Å². The molecule has 0 spiro atoms. The highest BCUT2D eigenvalue weighted by Crippen LogP contribution is 2.34. The summed E-state index contributed by atoms with van der Waals surface area (Å²) in [4.78, 5) is 19.9. The Balaban J connectivity index is 1.73. The molecule has 0 saturated heterocycles. The monoisotopic (exact) mass is 356 g/mol. The van der Waals surface area contributed by atoms with Crippen LogP contribution in [0.3, 0.4) is 0 Å². The Labute approximate surface area is 151 Å². The Kier molecular flexibility index (Phi) is 3.89. The molecule has 122 valence electrons. The molecule has 0 N–H and O–H groups in total. The van der Waals surface area contributed by atoms with Crippen LogP contribution in [0.4, 0.5) is 0 Å². The van der Waals surface area contributed by atoms with Gasteiger partial charge in [0.2, 0.25) is 0 Å². The summed E-state index contributed by atoms with van der Waals surface area (Å²) in [7, 11) is 0. The van der Waals surface area contributed by atoms with Crippen molar-refractivity contribution in [3.8, 4) is 0 Å². The highest BCUT2D eigenvalue weighted by molar-refractivity contribution is 7.80. The van der Waals surface area contributed by atoms with Crippen molar-refractivity contribution in [1.82, 2.24) is 9.88 Å². The molecule has 3 nitrogen and oxygen atoms in total. The van der Waals surface area contributed by atoms with Crippen LogP contribution in [0, 0.1) is 6.92 Å². The fraction of sp³-hybridized carbons (Fsp3) is 0.316. The summed E-state index contributed by atoms with van der Waals surface area (Å²) in [5.41, 5.74) is 6.32. The number of aromatic nitrogens is 1. The number of hydrogen-bond acceptors (Lipinski definition) is 3. The molecule has 4 rings (SSSR count). The Hall–Kier alpha value is -1.78. The van der Waals surface area contributed by atoms with Crippen LogP contribution in [0.2, 0.25) is 5.02 Å². The second-order valence-corrected chi connectivity index (χ2v) is 7.21. The number of aryl methyl sites for hydroxylation is 1. The summed E-state index contributed by atoms with van der Waals surface area (Å²) < 4.78 is 0. The normalized spacial score (nSPS) is 16.1. The van der Waals surface area contributed by atoms with E-state index in [-0.39, 0.29) is 5.91 Å². The molecular formula is C19H17ClN2OS. The number of benzene rings is 1. The summed E-state index contributed by atoms with van der Waals surface area (Å²) in [6, 6.07) is 6.94. The molecule has 0 bridgehead atoms. The van der Waals surface area contributed by atoms with Crippen molar-refractivity contribution in [3.63, 3.8) is 0 Å². The third-order valence-electron chi connectivity index (χ3n) is 4.90. The second kappa shape index (κ2) is 5.94. The number of carbonyl (C=O) groups is 1. The number of rotatable bonds is 1. The summed E-state index contributed by atoms with van der Waals surface area (Å²) in [5, 5.41) is 0.616. The Morgan fingerprint density at radius 3 is 2.54 bits per heavy atom. The predicted octanol–water partition coefficient (Wildman–Crippen LogP) is 4.25. The highest BCUT2D eigenvalue weighted by atomic mass is 35.5. The molecule has 1 amide bonds. The zero-order valence-corrected chi connectivity index (χ0v) is 15.0. The maximum Gasteiger partial charge on any atom is 0.259 e. The zero-order valence-electron chi connectivity index (χ0n) is 13.4. The molecule has 1 aliphatic carbocycles. The van der Waals surface area contributed by atoms with E-state index in [1.54, 1.807) is 29.2 Å². The first-order valence-electron chi connectivity index (χ1n) is 8.19. The summed E-state index contributed by atoms with van der Waals surface area (Å²) >= 11 is 11.6. The van der Waals surface area contributed by atoms with Crippen LogP contribution in [-0.2, 0) is 19.4 Å². The SMILES string of the molecule is Cc1nc2c(c3c1CCCC3)C(=S)N(C(=O)c1ccc(Cl)cc1)C2. The van der Waals surface area contributed by atoms with Gasteiger partial charge in [-0.05, 0) is 68.0 Å². The van der Waals surface area contributed by atoms with E-state index in [1.807, 2.05) is 0 Å². The van der Waals surface area contributed by atoms with Crippen molar-refractivity contribution in [2.45, 2.75) is 39.2 Å². The van der Waals surface area contributed by atoms with Gasteiger partial charge in [-0.2, -0.15) is 0 Å². The van der Waals surface area contributed by atoms with Gasteiger partial charge in [0.05, 0.1) is 12.2 Å². The zero-order chi connectivity index (χ0) is 16.8. The molecule has 0 saturated carbocycles. The van der Waals surface area contributed by atoms with E-state index in [2.05, 4.69) is 6.92 Å². The highest BCUT2D eigenvalue weighted by Gasteiger charge is 2.34. The van der Waals surface area contributed by atoms with Gasteiger partial charge in [0.1, 0.15) is 4.99 Å². The van der Waals surface area contributed by atoms with Gasteiger partial charge in [0.25, 0.3) is 5.91 Å². The van der Waals surface area contributed by atoms with Crippen molar-refractivity contribution in [2.24, 2.45) is 0 Å². The minimum absolute atomic E-state index is 0.0862. The topological polar surface area (TPSA) is 33.2 Å². The lowest BCUT2D eigenvalue weighted by Gasteiger charge is -2.21. The van der Waals surface area contributed by atoms with Gasteiger partial charge >= 0.3 is 0 Å². The first-order chi connectivity index (χ1) is 11.6. The minimum atomic E-state index is -0.0862. The van der Waals surface area contributed by atoms with E-state index in [1.165, 1.54) is 24.0 Å². The van der Waals surface area contributed by atoms with Crippen molar-refractivity contribution in [1.29, 1.82) is 0 Å².